The third kappa shape index (κ3) is 3.03. The molecule has 1 aliphatic heterocycles. The summed E-state index contributed by atoms with van der Waals surface area (Å²) >= 11 is 0. The maximum Gasteiger partial charge on any atom is 0.276 e. The third-order valence-electron chi connectivity index (χ3n) is 5.61. The average Bonchev–Trinajstić information content (AvgIpc) is 3.44. The topological polar surface area (TPSA) is 92.1 Å². The second-order valence-electron chi connectivity index (χ2n) is 7.47. The van der Waals surface area contributed by atoms with Crippen LogP contribution in [0.5, 0.6) is 0 Å². The van der Waals surface area contributed by atoms with Gasteiger partial charge in [-0.1, -0.05) is 5.16 Å². The molecular weight excluding hydrogens is 344 g/mol. The molecule has 7 heteroatoms. The zero-order valence-electron chi connectivity index (χ0n) is 14.9. The number of piperidine rings is 1. The molecule has 1 saturated carbocycles. The lowest BCUT2D eigenvalue weighted by molar-refractivity contribution is 0.0701. The normalized spacial score (nSPS) is 18.1. The van der Waals surface area contributed by atoms with Gasteiger partial charge in [-0.15, -0.1) is 0 Å². The molecule has 2 fully saturated rings. The van der Waals surface area contributed by atoms with E-state index in [1.54, 1.807) is 24.5 Å². The Morgan fingerprint density at radius 1 is 1.15 bits per heavy atom. The van der Waals surface area contributed by atoms with E-state index in [0.29, 0.717) is 30.1 Å². The molecule has 0 spiro atoms. The zero-order valence-corrected chi connectivity index (χ0v) is 14.9. The number of rotatable bonds is 3. The standard InChI is InChI=1S/C20H20N4O3/c25-19-15-3-6-21-11-14(15)9-16(22-19)12-4-7-24(8-5-12)20(26)17-10-18(27-23-17)13-1-2-13/h3,6,9-13H,1-2,4-5,7-8H2,(H,22,25). The van der Waals surface area contributed by atoms with Crippen LogP contribution in [0.1, 0.15) is 59.5 Å². The number of aromatic amines is 1. The summed E-state index contributed by atoms with van der Waals surface area (Å²) in [6.07, 6.45) is 7.19. The predicted molar refractivity (Wildman–Crippen MR) is 98.7 cm³/mol. The number of fused-ring (bicyclic) bond motifs is 1. The Bertz CT molecular complexity index is 1060. The van der Waals surface area contributed by atoms with Gasteiger partial charge in [0.2, 0.25) is 0 Å². The highest BCUT2D eigenvalue weighted by Crippen LogP contribution is 2.40. The molecule has 2 aliphatic rings. The first-order chi connectivity index (χ1) is 13.2. The first kappa shape index (κ1) is 16.2. The lowest BCUT2D eigenvalue weighted by Crippen LogP contribution is -2.38. The van der Waals surface area contributed by atoms with Crippen LogP contribution in [0.15, 0.2) is 39.9 Å². The van der Waals surface area contributed by atoms with Crippen molar-refractivity contribution in [3.63, 3.8) is 0 Å². The maximum absolute atomic E-state index is 12.7. The van der Waals surface area contributed by atoms with E-state index in [4.69, 9.17) is 4.52 Å². The van der Waals surface area contributed by atoms with Gasteiger partial charge in [-0.05, 0) is 37.8 Å². The first-order valence-corrected chi connectivity index (χ1v) is 9.42. The van der Waals surface area contributed by atoms with E-state index >= 15 is 0 Å². The lowest BCUT2D eigenvalue weighted by atomic mass is 9.92. The SMILES string of the molecule is O=C(c1cc(C2CC2)on1)N1CCC(c2cc3cnccc3c(=O)[nH]2)CC1. The number of hydrogen-bond donors (Lipinski definition) is 1. The highest BCUT2D eigenvalue weighted by molar-refractivity contribution is 5.92. The van der Waals surface area contributed by atoms with Gasteiger partial charge in [-0.25, -0.2) is 0 Å². The van der Waals surface area contributed by atoms with Crippen molar-refractivity contribution >= 4 is 16.7 Å². The van der Waals surface area contributed by atoms with Crippen LogP contribution in [0.4, 0.5) is 0 Å². The molecule has 1 N–H and O–H groups in total. The number of H-pyrrole nitrogens is 1. The summed E-state index contributed by atoms with van der Waals surface area (Å²) in [5, 5.41) is 5.46. The number of pyridine rings is 2. The van der Waals surface area contributed by atoms with Gasteiger partial charge in [0.1, 0.15) is 5.76 Å². The third-order valence-corrected chi connectivity index (χ3v) is 5.61. The molecule has 0 atom stereocenters. The molecule has 1 aliphatic carbocycles. The minimum atomic E-state index is -0.0846. The van der Waals surface area contributed by atoms with Gasteiger partial charge in [0.15, 0.2) is 5.69 Å². The number of likely N-dealkylation sites (tertiary alicyclic amines) is 1. The number of nitrogens with zero attached hydrogens (tertiary/aromatic N) is 3. The summed E-state index contributed by atoms with van der Waals surface area (Å²) in [5.74, 6) is 1.44. The smallest absolute Gasteiger partial charge is 0.276 e. The largest absolute Gasteiger partial charge is 0.360 e. The minimum Gasteiger partial charge on any atom is -0.360 e. The number of amides is 1. The van der Waals surface area contributed by atoms with Gasteiger partial charge in [-0.3, -0.25) is 14.6 Å². The molecule has 0 radical (unpaired) electrons. The van der Waals surface area contributed by atoms with Crippen molar-refractivity contribution in [2.75, 3.05) is 13.1 Å². The van der Waals surface area contributed by atoms with Crippen molar-refractivity contribution in [2.24, 2.45) is 0 Å². The van der Waals surface area contributed by atoms with Gasteiger partial charge in [-0.2, -0.15) is 0 Å². The van der Waals surface area contributed by atoms with E-state index in [1.807, 2.05) is 11.0 Å². The number of carbonyl (C=O) groups excluding carboxylic acids is 1. The van der Waals surface area contributed by atoms with E-state index in [1.165, 1.54) is 0 Å². The monoisotopic (exact) mass is 364 g/mol. The molecule has 138 valence electrons. The molecule has 0 unspecified atom stereocenters. The van der Waals surface area contributed by atoms with Crippen molar-refractivity contribution < 1.29 is 9.32 Å². The van der Waals surface area contributed by atoms with Crippen molar-refractivity contribution in [3.8, 4) is 0 Å². The van der Waals surface area contributed by atoms with E-state index in [9.17, 15) is 9.59 Å². The summed E-state index contributed by atoms with van der Waals surface area (Å²) in [4.78, 5) is 33.9. The van der Waals surface area contributed by atoms with Crippen LogP contribution < -0.4 is 5.56 Å². The first-order valence-electron chi connectivity index (χ1n) is 9.42. The molecule has 27 heavy (non-hydrogen) atoms. The Morgan fingerprint density at radius 2 is 1.96 bits per heavy atom. The van der Waals surface area contributed by atoms with Crippen LogP contribution in [0.2, 0.25) is 0 Å². The Kier molecular flexibility index (Phi) is 3.81. The van der Waals surface area contributed by atoms with E-state index < -0.39 is 0 Å². The summed E-state index contributed by atoms with van der Waals surface area (Å²) < 4.78 is 5.30. The summed E-state index contributed by atoms with van der Waals surface area (Å²) in [6.45, 7) is 1.28. The van der Waals surface area contributed by atoms with Gasteiger partial charge in [0, 0.05) is 54.5 Å². The van der Waals surface area contributed by atoms with Gasteiger partial charge in [0.05, 0.1) is 5.39 Å². The molecule has 0 bridgehead atoms. The Labute approximate surface area is 155 Å². The van der Waals surface area contributed by atoms with Crippen molar-refractivity contribution in [1.29, 1.82) is 0 Å². The van der Waals surface area contributed by atoms with Crippen LogP contribution in [-0.2, 0) is 0 Å². The van der Waals surface area contributed by atoms with Crippen LogP contribution in [-0.4, -0.2) is 39.0 Å². The fourth-order valence-electron chi connectivity index (χ4n) is 3.86. The molecule has 5 rings (SSSR count). The molecule has 4 heterocycles. The fourth-order valence-corrected chi connectivity index (χ4v) is 3.86. The van der Waals surface area contributed by atoms with E-state index in [-0.39, 0.29) is 17.4 Å². The van der Waals surface area contributed by atoms with Gasteiger partial charge in [0.25, 0.3) is 11.5 Å². The van der Waals surface area contributed by atoms with E-state index in [2.05, 4.69) is 15.1 Å². The average molecular weight is 364 g/mol. The molecule has 3 aromatic heterocycles. The van der Waals surface area contributed by atoms with E-state index in [0.717, 1.165) is 42.5 Å². The second kappa shape index (κ2) is 6.33. The summed E-state index contributed by atoms with van der Waals surface area (Å²) in [6, 6.07) is 5.53. The van der Waals surface area contributed by atoms with Crippen molar-refractivity contribution in [2.45, 2.75) is 37.5 Å². The Balaban J connectivity index is 1.29. The van der Waals surface area contributed by atoms with Crippen LogP contribution in [0.25, 0.3) is 10.8 Å². The number of aromatic nitrogens is 3. The van der Waals surface area contributed by atoms with Gasteiger partial charge >= 0.3 is 0 Å². The van der Waals surface area contributed by atoms with Crippen LogP contribution >= 0.6 is 0 Å². The molecule has 1 amide bonds. The molecule has 0 aromatic carbocycles. The second-order valence-corrected chi connectivity index (χ2v) is 7.47. The number of nitrogens with one attached hydrogen (secondary N) is 1. The van der Waals surface area contributed by atoms with Crippen molar-refractivity contribution in [3.05, 3.63) is 58.1 Å². The van der Waals surface area contributed by atoms with Crippen LogP contribution in [0.3, 0.4) is 0 Å². The number of hydrogen-bond acceptors (Lipinski definition) is 5. The predicted octanol–water partition coefficient (Wildman–Crippen LogP) is 2.81. The zero-order chi connectivity index (χ0) is 18.4. The Hall–Kier alpha value is -2.96. The molecule has 1 saturated heterocycles. The highest BCUT2D eigenvalue weighted by atomic mass is 16.5. The fraction of sp³-hybridized carbons (Fsp3) is 0.400. The lowest BCUT2D eigenvalue weighted by Gasteiger charge is -2.31. The quantitative estimate of drug-likeness (QED) is 0.771. The summed E-state index contributed by atoms with van der Waals surface area (Å²) in [7, 11) is 0. The Morgan fingerprint density at radius 3 is 2.74 bits per heavy atom. The maximum atomic E-state index is 12.7. The molecule has 3 aromatic rings. The van der Waals surface area contributed by atoms with Gasteiger partial charge < -0.3 is 14.4 Å². The highest BCUT2D eigenvalue weighted by Gasteiger charge is 2.31. The molecule has 7 nitrogen and oxygen atoms in total. The number of carbonyl (C=O) groups is 1. The molecular formula is C20H20N4O3. The van der Waals surface area contributed by atoms with Crippen molar-refractivity contribution in [1.82, 2.24) is 20.0 Å². The minimum absolute atomic E-state index is 0.0692. The van der Waals surface area contributed by atoms with Crippen LogP contribution in [0, 0.1) is 0 Å². The summed E-state index contributed by atoms with van der Waals surface area (Å²) in [5.41, 5.74) is 1.24.